The third-order valence-corrected chi connectivity index (χ3v) is 3.73. The van der Waals surface area contributed by atoms with E-state index in [0.717, 1.165) is 17.7 Å². The standard InChI is InChI=1S/C13H17NO2S/c1-10-2-5-12(17-10)6-7-13(16)14(8-9-15)11-3-4-11/h2,5-7,11,15H,3-4,8-9H2,1H3/b7-6+. The minimum absolute atomic E-state index is 0.00704. The van der Waals surface area contributed by atoms with Crippen molar-refractivity contribution in [3.8, 4) is 0 Å². The monoisotopic (exact) mass is 251 g/mol. The zero-order chi connectivity index (χ0) is 12.3. The van der Waals surface area contributed by atoms with Crippen LogP contribution in [0.25, 0.3) is 6.08 Å². The van der Waals surface area contributed by atoms with Gasteiger partial charge in [0, 0.05) is 28.4 Å². The van der Waals surface area contributed by atoms with Crippen LogP contribution in [-0.2, 0) is 4.79 Å². The molecule has 4 heteroatoms. The van der Waals surface area contributed by atoms with E-state index in [1.54, 1.807) is 22.3 Å². The molecule has 1 aromatic rings. The third-order valence-electron chi connectivity index (χ3n) is 2.76. The molecule has 2 rings (SSSR count). The molecule has 0 aromatic carbocycles. The van der Waals surface area contributed by atoms with E-state index in [9.17, 15) is 4.79 Å². The highest BCUT2D eigenvalue weighted by molar-refractivity contribution is 7.12. The van der Waals surface area contributed by atoms with E-state index in [-0.39, 0.29) is 12.5 Å². The first-order chi connectivity index (χ1) is 8.20. The summed E-state index contributed by atoms with van der Waals surface area (Å²) in [7, 11) is 0. The molecule has 17 heavy (non-hydrogen) atoms. The predicted molar refractivity (Wildman–Crippen MR) is 69.9 cm³/mol. The van der Waals surface area contributed by atoms with Gasteiger partial charge in [-0.25, -0.2) is 0 Å². The van der Waals surface area contributed by atoms with Gasteiger partial charge in [0.2, 0.25) is 5.91 Å². The summed E-state index contributed by atoms with van der Waals surface area (Å²) >= 11 is 1.67. The van der Waals surface area contributed by atoms with Crippen LogP contribution in [0.4, 0.5) is 0 Å². The van der Waals surface area contributed by atoms with Crippen LogP contribution in [0.1, 0.15) is 22.6 Å². The molecular weight excluding hydrogens is 234 g/mol. The topological polar surface area (TPSA) is 40.5 Å². The number of rotatable bonds is 5. The van der Waals surface area contributed by atoms with Crippen molar-refractivity contribution in [2.45, 2.75) is 25.8 Å². The smallest absolute Gasteiger partial charge is 0.246 e. The fourth-order valence-electron chi connectivity index (χ4n) is 1.76. The van der Waals surface area contributed by atoms with Crippen molar-refractivity contribution in [1.82, 2.24) is 4.90 Å². The van der Waals surface area contributed by atoms with Gasteiger partial charge in [-0.05, 0) is 38.0 Å². The fraction of sp³-hybridized carbons (Fsp3) is 0.462. The van der Waals surface area contributed by atoms with Gasteiger partial charge in [0.05, 0.1) is 6.61 Å². The maximum absolute atomic E-state index is 11.9. The molecule has 0 bridgehead atoms. The largest absolute Gasteiger partial charge is 0.395 e. The van der Waals surface area contributed by atoms with E-state index >= 15 is 0 Å². The second-order valence-electron chi connectivity index (χ2n) is 4.27. The van der Waals surface area contributed by atoms with Crippen LogP contribution in [-0.4, -0.2) is 35.1 Å². The van der Waals surface area contributed by atoms with Crippen LogP contribution in [0, 0.1) is 6.92 Å². The van der Waals surface area contributed by atoms with Gasteiger partial charge in [-0.3, -0.25) is 4.79 Å². The molecule has 1 heterocycles. The number of nitrogens with zero attached hydrogens (tertiary/aromatic N) is 1. The maximum Gasteiger partial charge on any atom is 0.246 e. The first-order valence-corrected chi connectivity index (χ1v) is 6.68. The molecule has 0 unspecified atom stereocenters. The number of hydrogen-bond acceptors (Lipinski definition) is 3. The van der Waals surface area contributed by atoms with Gasteiger partial charge in [0.1, 0.15) is 0 Å². The lowest BCUT2D eigenvalue weighted by molar-refractivity contribution is -0.127. The molecule has 3 nitrogen and oxygen atoms in total. The molecule has 92 valence electrons. The summed E-state index contributed by atoms with van der Waals surface area (Å²) in [5, 5.41) is 8.93. The average molecular weight is 251 g/mol. The molecular formula is C13H17NO2S. The summed E-state index contributed by atoms with van der Waals surface area (Å²) in [6, 6.07) is 4.41. The zero-order valence-corrected chi connectivity index (χ0v) is 10.7. The number of amides is 1. The maximum atomic E-state index is 11.9. The summed E-state index contributed by atoms with van der Waals surface area (Å²) < 4.78 is 0. The van der Waals surface area contributed by atoms with E-state index in [0.29, 0.717) is 12.6 Å². The molecule has 0 radical (unpaired) electrons. The number of aryl methyl sites for hydroxylation is 1. The van der Waals surface area contributed by atoms with Gasteiger partial charge in [0.15, 0.2) is 0 Å². The van der Waals surface area contributed by atoms with Crippen molar-refractivity contribution < 1.29 is 9.90 Å². The fourth-order valence-corrected chi connectivity index (χ4v) is 2.54. The molecule has 1 saturated carbocycles. The quantitative estimate of drug-likeness (QED) is 0.814. The number of carbonyl (C=O) groups excluding carboxylic acids is 1. The van der Waals surface area contributed by atoms with Crippen LogP contribution in [0.2, 0.25) is 0 Å². The predicted octanol–water partition coefficient (Wildman–Crippen LogP) is 2.05. The molecule has 1 fully saturated rings. The molecule has 0 saturated heterocycles. The minimum Gasteiger partial charge on any atom is -0.395 e. The zero-order valence-electron chi connectivity index (χ0n) is 9.93. The molecule has 1 aromatic heterocycles. The SMILES string of the molecule is Cc1ccc(/C=C/C(=O)N(CCO)C2CC2)s1. The highest BCUT2D eigenvalue weighted by Crippen LogP contribution is 2.27. The van der Waals surface area contributed by atoms with E-state index in [1.165, 1.54) is 4.88 Å². The second-order valence-corrected chi connectivity index (χ2v) is 5.59. The lowest BCUT2D eigenvalue weighted by atomic mass is 10.3. The average Bonchev–Trinajstić information content (AvgIpc) is 3.06. The molecule has 1 N–H and O–H groups in total. The molecule has 1 aliphatic rings. The van der Waals surface area contributed by atoms with Crippen LogP contribution >= 0.6 is 11.3 Å². The van der Waals surface area contributed by atoms with Gasteiger partial charge in [-0.2, -0.15) is 0 Å². The second kappa shape index (κ2) is 5.47. The number of carbonyl (C=O) groups is 1. The van der Waals surface area contributed by atoms with E-state index < -0.39 is 0 Å². The van der Waals surface area contributed by atoms with E-state index in [2.05, 4.69) is 0 Å². The summed E-state index contributed by atoms with van der Waals surface area (Å²) in [4.78, 5) is 16.0. The van der Waals surface area contributed by atoms with Crippen molar-refractivity contribution in [3.05, 3.63) is 28.0 Å². The Labute approximate surface area is 105 Å². The summed E-state index contributed by atoms with van der Waals surface area (Å²) in [5.41, 5.74) is 0. The van der Waals surface area contributed by atoms with Gasteiger partial charge in [-0.1, -0.05) is 0 Å². The number of aliphatic hydroxyl groups excluding tert-OH is 1. The lowest BCUT2D eigenvalue weighted by Gasteiger charge is -2.19. The Bertz CT molecular complexity index is 421. The summed E-state index contributed by atoms with van der Waals surface area (Å²) in [5.74, 6) is 0.00704. The Morgan fingerprint density at radius 2 is 2.35 bits per heavy atom. The molecule has 1 aliphatic carbocycles. The Kier molecular flexibility index (Phi) is 3.97. The first kappa shape index (κ1) is 12.3. The highest BCUT2D eigenvalue weighted by atomic mass is 32.1. The minimum atomic E-state index is 0.00704. The van der Waals surface area contributed by atoms with Gasteiger partial charge in [0.25, 0.3) is 0 Å². The van der Waals surface area contributed by atoms with Gasteiger partial charge < -0.3 is 10.0 Å². The van der Waals surface area contributed by atoms with E-state index in [4.69, 9.17) is 5.11 Å². The first-order valence-electron chi connectivity index (χ1n) is 5.86. The van der Waals surface area contributed by atoms with Gasteiger partial charge in [-0.15, -0.1) is 11.3 Å². The van der Waals surface area contributed by atoms with Crippen molar-refractivity contribution in [2.24, 2.45) is 0 Å². The molecule has 0 atom stereocenters. The van der Waals surface area contributed by atoms with Crippen LogP contribution < -0.4 is 0 Å². The number of hydrogen-bond donors (Lipinski definition) is 1. The molecule has 0 aliphatic heterocycles. The summed E-state index contributed by atoms with van der Waals surface area (Å²) in [6.45, 7) is 2.53. The highest BCUT2D eigenvalue weighted by Gasteiger charge is 2.30. The Hall–Kier alpha value is -1.13. The molecule has 0 spiro atoms. The third kappa shape index (κ3) is 3.41. The van der Waals surface area contributed by atoms with Crippen molar-refractivity contribution in [2.75, 3.05) is 13.2 Å². The normalized spacial score (nSPS) is 15.4. The van der Waals surface area contributed by atoms with Crippen molar-refractivity contribution in [3.63, 3.8) is 0 Å². The van der Waals surface area contributed by atoms with Crippen molar-refractivity contribution in [1.29, 1.82) is 0 Å². The van der Waals surface area contributed by atoms with Crippen LogP contribution in [0.3, 0.4) is 0 Å². The van der Waals surface area contributed by atoms with Crippen molar-refractivity contribution >= 4 is 23.3 Å². The Morgan fingerprint density at radius 1 is 1.59 bits per heavy atom. The Balaban J connectivity index is 1.96. The molecule has 1 amide bonds. The van der Waals surface area contributed by atoms with E-state index in [1.807, 2.05) is 25.1 Å². The summed E-state index contributed by atoms with van der Waals surface area (Å²) in [6.07, 6.45) is 5.60. The van der Waals surface area contributed by atoms with Crippen LogP contribution in [0.5, 0.6) is 0 Å². The van der Waals surface area contributed by atoms with Gasteiger partial charge >= 0.3 is 0 Å². The van der Waals surface area contributed by atoms with Crippen LogP contribution in [0.15, 0.2) is 18.2 Å². The Morgan fingerprint density at radius 3 is 2.88 bits per heavy atom. The number of aliphatic hydroxyl groups is 1. The number of thiophene rings is 1. The lowest BCUT2D eigenvalue weighted by Crippen LogP contribution is -2.34.